The summed E-state index contributed by atoms with van der Waals surface area (Å²) < 4.78 is 37.3. The number of aliphatic hydroxyl groups is 1. The van der Waals surface area contributed by atoms with Gasteiger partial charge < -0.3 is 15.5 Å². The summed E-state index contributed by atoms with van der Waals surface area (Å²) in [5, 5.41) is 20.8. The van der Waals surface area contributed by atoms with Gasteiger partial charge in [0.15, 0.2) is 0 Å². The number of nitrogens with one attached hydrogen (secondary N) is 1. The molecule has 8 heteroatoms. The molecule has 0 aromatic heterocycles. The van der Waals surface area contributed by atoms with Crippen LogP contribution in [0.5, 0.6) is 0 Å². The third-order valence-corrected chi connectivity index (χ3v) is 2.54. The van der Waals surface area contributed by atoms with Gasteiger partial charge in [-0.1, -0.05) is 0 Å². The van der Waals surface area contributed by atoms with Crippen LogP contribution in [0.25, 0.3) is 0 Å². The predicted molar refractivity (Wildman–Crippen MR) is 48.3 cm³/mol. The Labute approximate surface area is 89.8 Å². The van der Waals surface area contributed by atoms with Crippen molar-refractivity contribution >= 4 is 6.09 Å². The molecule has 3 N–H and O–H groups in total. The van der Waals surface area contributed by atoms with Crippen molar-refractivity contribution in [2.45, 2.75) is 24.6 Å². The van der Waals surface area contributed by atoms with Gasteiger partial charge in [-0.15, -0.1) is 0 Å². The largest absolute Gasteiger partial charge is 0.465 e. The maximum absolute atomic E-state index is 12.4. The van der Waals surface area contributed by atoms with E-state index in [9.17, 15) is 23.1 Å². The van der Waals surface area contributed by atoms with Gasteiger partial charge >= 0.3 is 6.09 Å². The summed E-state index contributed by atoms with van der Waals surface area (Å²) in [5.41, 5.74) is 0. The van der Waals surface area contributed by atoms with Crippen LogP contribution in [0.1, 0.15) is 0 Å². The molecule has 1 saturated heterocycles. The van der Waals surface area contributed by atoms with E-state index in [-0.39, 0.29) is 13.1 Å². The number of aliphatic hydroxyl groups excluding tert-OH is 1. The Morgan fingerprint density at radius 1 is 1.50 bits per heavy atom. The second-order valence-electron chi connectivity index (χ2n) is 3.54. The average molecular weight is 242 g/mol. The standard InChI is InChI=1S/C8H13F3N2O3/c9-1-4(7(10)11)13(8(15)16)5-2-12-3-6(5)14/h4-7,12,14H,1-3H2,(H,15,16)/t4-,5+,6+/m0/s1. The maximum atomic E-state index is 12.4. The molecular formula is C8H13F3N2O3. The van der Waals surface area contributed by atoms with Crippen molar-refractivity contribution in [2.75, 3.05) is 19.8 Å². The van der Waals surface area contributed by atoms with Gasteiger partial charge in [-0.2, -0.15) is 0 Å². The molecular weight excluding hydrogens is 229 g/mol. The fourth-order valence-corrected chi connectivity index (χ4v) is 1.73. The van der Waals surface area contributed by atoms with Crippen LogP contribution >= 0.6 is 0 Å². The highest BCUT2D eigenvalue weighted by Gasteiger charge is 2.41. The van der Waals surface area contributed by atoms with Crippen molar-refractivity contribution in [1.29, 1.82) is 0 Å². The van der Waals surface area contributed by atoms with Gasteiger partial charge in [-0.25, -0.2) is 18.0 Å². The number of carbonyl (C=O) groups is 1. The van der Waals surface area contributed by atoms with Crippen LogP contribution in [0, 0.1) is 0 Å². The van der Waals surface area contributed by atoms with Crippen LogP contribution in [0.15, 0.2) is 0 Å². The molecule has 0 aliphatic carbocycles. The first-order chi connectivity index (χ1) is 7.49. The first-order valence-corrected chi connectivity index (χ1v) is 4.73. The number of hydrogen-bond donors (Lipinski definition) is 3. The molecule has 0 spiro atoms. The molecule has 1 amide bonds. The van der Waals surface area contributed by atoms with Gasteiger partial charge in [0, 0.05) is 13.1 Å². The zero-order valence-corrected chi connectivity index (χ0v) is 8.31. The van der Waals surface area contributed by atoms with Crippen LogP contribution < -0.4 is 5.32 Å². The molecule has 3 atom stereocenters. The molecule has 1 rings (SSSR count). The first-order valence-electron chi connectivity index (χ1n) is 4.73. The molecule has 0 bridgehead atoms. The van der Waals surface area contributed by atoms with Gasteiger partial charge in [0.05, 0.1) is 12.1 Å². The summed E-state index contributed by atoms with van der Waals surface area (Å²) in [5.74, 6) is 0. The lowest BCUT2D eigenvalue weighted by Gasteiger charge is -2.33. The van der Waals surface area contributed by atoms with Crippen molar-refractivity contribution < 1.29 is 28.2 Å². The highest BCUT2D eigenvalue weighted by atomic mass is 19.3. The van der Waals surface area contributed by atoms with E-state index < -0.39 is 37.4 Å². The third kappa shape index (κ3) is 2.56. The Morgan fingerprint density at radius 2 is 2.12 bits per heavy atom. The molecule has 0 saturated carbocycles. The molecule has 94 valence electrons. The molecule has 0 aromatic carbocycles. The lowest BCUT2D eigenvalue weighted by molar-refractivity contribution is -0.0189. The molecule has 0 aromatic rings. The van der Waals surface area contributed by atoms with E-state index in [1.165, 1.54) is 0 Å². The third-order valence-electron chi connectivity index (χ3n) is 2.54. The Kier molecular flexibility index (Phi) is 4.36. The molecule has 5 nitrogen and oxygen atoms in total. The van der Waals surface area contributed by atoms with Crippen LogP contribution in [-0.2, 0) is 0 Å². The number of nitrogens with zero attached hydrogens (tertiary/aromatic N) is 1. The molecule has 0 unspecified atom stereocenters. The smallest absolute Gasteiger partial charge is 0.408 e. The molecule has 1 aliphatic rings. The first kappa shape index (κ1) is 13.0. The fraction of sp³-hybridized carbons (Fsp3) is 0.875. The van der Waals surface area contributed by atoms with E-state index in [1.54, 1.807) is 0 Å². The molecule has 1 fully saturated rings. The van der Waals surface area contributed by atoms with Crippen LogP contribution in [0.2, 0.25) is 0 Å². The van der Waals surface area contributed by atoms with Gasteiger partial charge in [-0.3, -0.25) is 4.90 Å². The van der Waals surface area contributed by atoms with E-state index in [4.69, 9.17) is 5.11 Å². The SMILES string of the molecule is O=C(O)N([C@@H]1CNC[C@H]1O)[C@@H](CF)C(F)F. The summed E-state index contributed by atoms with van der Waals surface area (Å²) in [6.45, 7) is -1.33. The second-order valence-corrected chi connectivity index (χ2v) is 3.54. The van der Waals surface area contributed by atoms with E-state index in [0.717, 1.165) is 0 Å². The molecule has 0 radical (unpaired) electrons. The summed E-state index contributed by atoms with van der Waals surface area (Å²) in [7, 11) is 0. The minimum atomic E-state index is -3.12. The van der Waals surface area contributed by atoms with Gasteiger partial charge in [-0.05, 0) is 0 Å². The molecule has 1 aliphatic heterocycles. The lowest BCUT2D eigenvalue weighted by Crippen LogP contribution is -2.55. The Hall–Kier alpha value is -1.02. The number of halogens is 3. The van der Waals surface area contributed by atoms with Crippen molar-refractivity contribution in [1.82, 2.24) is 10.2 Å². The zero-order chi connectivity index (χ0) is 12.3. The van der Waals surface area contributed by atoms with E-state index in [1.807, 2.05) is 0 Å². The highest BCUT2D eigenvalue weighted by molar-refractivity contribution is 5.66. The lowest BCUT2D eigenvalue weighted by atomic mass is 10.1. The Morgan fingerprint density at radius 3 is 2.44 bits per heavy atom. The minimum Gasteiger partial charge on any atom is -0.465 e. The van der Waals surface area contributed by atoms with Crippen molar-refractivity contribution in [3.8, 4) is 0 Å². The summed E-state index contributed by atoms with van der Waals surface area (Å²) in [6.07, 6.45) is -5.87. The molecule has 16 heavy (non-hydrogen) atoms. The quantitative estimate of drug-likeness (QED) is 0.644. The maximum Gasteiger partial charge on any atom is 0.408 e. The zero-order valence-electron chi connectivity index (χ0n) is 8.31. The minimum absolute atomic E-state index is 0.0384. The number of rotatable bonds is 4. The van der Waals surface area contributed by atoms with Gasteiger partial charge in [0.2, 0.25) is 0 Å². The van der Waals surface area contributed by atoms with E-state index in [0.29, 0.717) is 4.90 Å². The summed E-state index contributed by atoms with van der Waals surface area (Å²) in [4.78, 5) is 11.1. The number of β-amino-alcohol motifs (C(OH)–C–C–N with tert-alkyl or cyclic N) is 1. The normalized spacial score (nSPS) is 27.1. The van der Waals surface area contributed by atoms with Gasteiger partial charge in [0.1, 0.15) is 12.7 Å². The second kappa shape index (κ2) is 5.35. The average Bonchev–Trinajstić information content (AvgIpc) is 2.59. The monoisotopic (exact) mass is 242 g/mol. The van der Waals surface area contributed by atoms with Gasteiger partial charge in [0.25, 0.3) is 6.43 Å². The number of hydrogen-bond acceptors (Lipinski definition) is 3. The van der Waals surface area contributed by atoms with E-state index >= 15 is 0 Å². The summed E-state index contributed by atoms with van der Waals surface area (Å²) in [6, 6.07) is -3.07. The van der Waals surface area contributed by atoms with Crippen LogP contribution in [0.4, 0.5) is 18.0 Å². The highest BCUT2D eigenvalue weighted by Crippen LogP contribution is 2.18. The number of amides is 1. The topological polar surface area (TPSA) is 72.8 Å². The Bertz CT molecular complexity index is 253. The number of carboxylic acid groups (broad SMARTS) is 1. The van der Waals surface area contributed by atoms with Crippen molar-refractivity contribution in [3.05, 3.63) is 0 Å². The van der Waals surface area contributed by atoms with Crippen LogP contribution in [0.3, 0.4) is 0 Å². The predicted octanol–water partition coefficient (Wildman–Crippen LogP) is -0.0977. The van der Waals surface area contributed by atoms with Crippen molar-refractivity contribution in [2.24, 2.45) is 0 Å². The van der Waals surface area contributed by atoms with Crippen molar-refractivity contribution in [3.63, 3.8) is 0 Å². The summed E-state index contributed by atoms with van der Waals surface area (Å²) >= 11 is 0. The Balaban J connectivity index is 2.84. The molecule has 1 heterocycles. The fourth-order valence-electron chi connectivity index (χ4n) is 1.73. The van der Waals surface area contributed by atoms with E-state index in [2.05, 4.69) is 5.32 Å². The van der Waals surface area contributed by atoms with Crippen LogP contribution in [-0.4, -0.2) is 65.6 Å². The number of alkyl halides is 3.